The molecule has 1 saturated heterocycles. The average molecular weight is 406 g/mol. The summed E-state index contributed by atoms with van der Waals surface area (Å²) >= 11 is 0. The lowest BCUT2D eigenvalue weighted by atomic mass is 9.87. The molecule has 8 nitrogen and oxygen atoms in total. The lowest BCUT2D eigenvalue weighted by molar-refractivity contribution is -0.117. The lowest BCUT2D eigenvalue weighted by Crippen LogP contribution is -2.47. The van der Waals surface area contributed by atoms with Crippen LogP contribution in [-0.4, -0.2) is 46.1 Å². The van der Waals surface area contributed by atoms with Crippen LogP contribution in [0.5, 0.6) is 0 Å². The molecule has 0 radical (unpaired) electrons. The molecule has 2 aromatic rings. The standard InChI is InChI=1S/C22H26N6O2/c1-24-15-22(9-11-27(12-10-22)13-16-5-3-2-4-6-16)28-14-18(19(23)29)20(26-28)25-21(30)17-7-8-17/h2-6,14,17H,7-13,15H2,(H2,23,29)(H,25,26,30). The Balaban J connectivity index is 1.53. The van der Waals surface area contributed by atoms with Gasteiger partial charge in [-0.15, -0.1) is 0 Å². The van der Waals surface area contributed by atoms with Gasteiger partial charge in [-0.25, -0.2) is 6.57 Å². The number of benzene rings is 1. The summed E-state index contributed by atoms with van der Waals surface area (Å²) in [6, 6.07) is 10.3. The molecule has 2 amide bonds. The first-order valence-corrected chi connectivity index (χ1v) is 10.3. The number of hydrogen-bond acceptors (Lipinski definition) is 4. The van der Waals surface area contributed by atoms with E-state index in [4.69, 9.17) is 12.3 Å². The van der Waals surface area contributed by atoms with E-state index in [0.717, 1.165) is 45.3 Å². The van der Waals surface area contributed by atoms with Gasteiger partial charge in [0.25, 0.3) is 5.91 Å². The van der Waals surface area contributed by atoms with Gasteiger partial charge in [-0.3, -0.25) is 19.2 Å². The Morgan fingerprint density at radius 1 is 1.23 bits per heavy atom. The highest BCUT2D eigenvalue weighted by atomic mass is 16.2. The van der Waals surface area contributed by atoms with Crippen molar-refractivity contribution in [3.05, 3.63) is 59.1 Å². The van der Waals surface area contributed by atoms with Gasteiger partial charge in [-0.05, 0) is 31.2 Å². The smallest absolute Gasteiger partial charge is 0.254 e. The maximum absolute atomic E-state index is 12.2. The van der Waals surface area contributed by atoms with Crippen LogP contribution in [-0.2, 0) is 16.9 Å². The molecule has 2 aliphatic rings. The molecule has 1 saturated carbocycles. The van der Waals surface area contributed by atoms with Crippen LogP contribution in [0.1, 0.15) is 41.6 Å². The molecule has 0 atom stereocenters. The second kappa shape index (κ2) is 8.28. The molecule has 1 aromatic heterocycles. The zero-order chi connectivity index (χ0) is 21.1. The number of nitrogens with one attached hydrogen (secondary N) is 1. The van der Waals surface area contributed by atoms with Crippen LogP contribution in [0.4, 0.5) is 5.82 Å². The number of primary amides is 1. The SMILES string of the molecule is [C-]#[N+]CC1(n2cc(C(N)=O)c(NC(=O)C3CC3)n2)CCN(Cc2ccccc2)CC1. The number of aromatic nitrogens is 2. The summed E-state index contributed by atoms with van der Waals surface area (Å²) in [7, 11) is 0. The molecule has 3 N–H and O–H groups in total. The topological polar surface area (TPSA) is 97.6 Å². The van der Waals surface area contributed by atoms with E-state index in [0.29, 0.717) is 0 Å². The van der Waals surface area contributed by atoms with Gasteiger partial charge in [-0.2, -0.15) is 5.10 Å². The molecule has 8 heteroatoms. The number of amides is 2. The van der Waals surface area contributed by atoms with E-state index < -0.39 is 11.4 Å². The first-order valence-electron chi connectivity index (χ1n) is 10.3. The molecule has 2 fully saturated rings. The molecule has 0 spiro atoms. The molecule has 1 aromatic carbocycles. The second-order valence-corrected chi connectivity index (χ2v) is 8.27. The minimum atomic E-state index is -0.633. The third kappa shape index (κ3) is 4.21. The molecule has 1 aliphatic heterocycles. The zero-order valence-electron chi connectivity index (χ0n) is 16.9. The number of carbonyl (C=O) groups is 2. The van der Waals surface area contributed by atoms with Crippen LogP contribution in [0, 0.1) is 12.5 Å². The van der Waals surface area contributed by atoms with Crippen molar-refractivity contribution in [2.45, 2.75) is 37.8 Å². The highest BCUT2D eigenvalue weighted by Gasteiger charge is 2.41. The van der Waals surface area contributed by atoms with Crippen LogP contribution in [0.25, 0.3) is 4.85 Å². The van der Waals surface area contributed by atoms with E-state index in [1.165, 1.54) is 5.56 Å². The summed E-state index contributed by atoms with van der Waals surface area (Å²) in [4.78, 5) is 30.2. The van der Waals surface area contributed by atoms with Gasteiger partial charge in [-0.1, -0.05) is 30.3 Å². The highest BCUT2D eigenvalue weighted by molar-refractivity contribution is 6.02. The lowest BCUT2D eigenvalue weighted by Gasteiger charge is -2.38. The van der Waals surface area contributed by atoms with Crippen molar-refractivity contribution in [3.8, 4) is 0 Å². The van der Waals surface area contributed by atoms with Crippen LogP contribution in [0.2, 0.25) is 0 Å². The first kappa shape index (κ1) is 20.1. The van der Waals surface area contributed by atoms with Crippen LogP contribution in [0.15, 0.2) is 36.5 Å². The Hall–Kier alpha value is -3.18. The highest BCUT2D eigenvalue weighted by Crippen LogP contribution is 2.34. The molecule has 0 bridgehead atoms. The van der Waals surface area contributed by atoms with Gasteiger partial charge >= 0.3 is 0 Å². The first-order chi connectivity index (χ1) is 14.5. The van der Waals surface area contributed by atoms with Crippen molar-refractivity contribution >= 4 is 17.6 Å². The van der Waals surface area contributed by atoms with Crippen molar-refractivity contribution in [2.24, 2.45) is 11.7 Å². The number of piperidine rings is 1. The Labute approximate surface area is 175 Å². The summed E-state index contributed by atoms with van der Waals surface area (Å²) in [6.45, 7) is 10.2. The number of rotatable bonds is 7. The third-order valence-electron chi connectivity index (χ3n) is 6.06. The molecule has 2 heterocycles. The summed E-state index contributed by atoms with van der Waals surface area (Å²) in [6.07, 6.45) is 4.79. The number of likely N-dealkylation sites (tertiary alicyclic amines) is 1. The minimum absolute atomic E-state index is 0.00527. The van der Waals surface area contributed by atoms with E-state index in [2.05, 4.69) is 32.3 Å². The summed E-state index contributed by atoms with van der Waals surface area (Å²) in [5.41, 5.74) is 6.48. The van der Waals surface area contributed by atoms with E-state index in [1.807, 2.05) is 18.2 Å². The Bertz CT molecular complexity index is 965. The number of nitrogens with zero attached hydrogens (tertiary/aromatic N) is 4. The number of anilines is 1. The molecular weight excluding hydrogens is 380 g/mol. The van der Waals surface area contributed by atoms with Crippen molar-refractivity contribution in [1.82, 2.24) is 14.7 Å². The fourth-order valence-electron chi connectivity index (χ4n) is 4.03. The average Bonchev–Trinajstić information content (AvgIpc) is 3.51. The van der Waals surface area contributed by atoms with E-state index >= 15 is 0 Å². The van der Waals surface area contributed by atoms with Crippen molar-refractivity contribution in [1.29, 1.82) is 0 Å². The van der Waals surface area contributed by atoms with Gasteiger partial charge in [0, 0.05) is 31.7 Å². The van der Waals surface area contributed by atoms with Crippen LogP contribution in [0.3, 0.4) is 0 Å². The van der Waals surface area contributed by atoms with Gasteiger partial charge in [0.15, 0.2) is 5.82 Å². The minimum Gasteiger partial charge on any atom is -0.365 e. The quantitative estimate of drug-likeness (QED) is 0.689. The predicted octanol–water partition coefficient (Wildman–Crippen LogP) is 2.24. The van der Waals surface area contributed by atoms with Crippen LogP contribution < -0.4 is 11.1 Å². The van der Waals surface area contributed by atoms with E-state index in [-0.39, 0.29) is 29.8 Å². The van der Waals surface area contributed by atoms with Gasteiger partial charge in [0.2, 0.25) is 12.5 Å². The summed E-state index contributed by atoms with van der Waals surface area (Å²) < 4.78 is 1.70. The molecule has 0 unspecified atom stereocenters. The fraction of sp³-hybridized carbons (Fsp3) is 0.455. The Morgan fingerprint density at radius 2 is 1.93 bits per heavy atom. The Morgan fingerprint density at radius 3 is 2.53 bits per heavy atom. The number of hydrogen-bond donors (Lipinski definition) is 2. The fourth-order valence-corrected chi connectivity index (χ4v) is 4.03. The molecule has 1 aliphatic carbocycles. The second-order valence-electron chi connectivity index (χ2n) is 8.27. The molecule has 156 valence electrons. The van der Waals surface area contributed by atoms with E-state index in [1.54, 1.807) is 10.9 Å². The van der Waals surface area contributed by atoms with Gasteiger partial charge < -0.3 is 15.9 Å². The predicted molar refractivity (Wildman–Crippen MR) is 112 cm³/mol. The third-order valence-corrected chi connectivity index (χ3v) is 6.06. The van der Waals surface area contributed by atoms with E-state index in [9.17, 15) is 9.59 Å². The molecular formula is C22H26N6O2. The van der Waals surface area contributed by atoms with Crippen molar-refractivity contribution in [3.63, 3.8) is 0 Å². The number of carbonyl (C=O) groups excluding carboxylic acids is 2. The summed E-state index contributed by atoms with van der Waals surface area (Å²) in [5.74, 6) is -0.559. The monoisotopic (exact) mass is 406 g/mol. The zero-order valence-corrected chi connectivity index (χ0v) is 16.9. The van der Waals surface area contributed by atoms with Gasteiger partial charge in [0.1, 0.15) is 11.1 Å². The largest absolute Gasteiger partial charge is 0.365 e. The maximum Gasteiger partial charge on any atom is 0.254 e. The maximum atomic E-state index is 12.2. The van der Waals surface area contributed by atoms with Crippen LogP contribution >= 0.6 is 0 Å². The normalized spacial score (nSPS) is 18.5. The summed E-state index contributed by atoms with van der Waals surface area (Å²) in [5, 5.41) is 7.28. The number of nitrogens with two attached hydrogens (primary N) is 1. The Kier molecular flexibility index (Phi) is 5.55. The molecule has 30 heavy (non-hydrogen) atoms. The van der Waals surface area contributed by atoms with Crippen molar-refractivity contribution in [2.75, 3.05) is 25.0 Å². The van der Waals surface area contributed by atoms with Crippen molar-refractivity contribution < 1.29 is 9.59 Å². The van der Waals surface area contributed by atoms with Gasteiger partial charge in [0.05, 0.1) is 0 Å². The molecule has 4 rings (SSSR count).